The summed E-state index contributed by atoms with van der Waals surface area (Å²) in [5.74, 6) is 0.337. The van der Waals surface area contributed by atoms with Crippen LogP contribution in [0.3, 0.4) is 0 Å². The summed E-state index contributed by atoms with van der Waals surface area (Å²) < 4.78 is 7.45. The lowest BCUT2D eigenvalue weighted by atomic mass is 10.1. The minimum atomic E-state index is -0.468. The van der Waals surface area contributed by atoms with E-state index in [4.69, 9.17) is 4.74 Å². The second kappa shape index (κ2) is 9.99. The number of aryl methyl sites for hydroxylation is 2. The zero-order valence-corrected chi connectivity index (χ0v) is 18.9. The zero-order valence-electron chi connectivity index (χ0n) is 18.9. The molecule has 8 nitrogen and oxygen atoms in total. The molecule has 0 bridgehead atoms. The summed E-state index contributed by atoms with van der Waals surface area (Å²) in [7, 11) is 0. The molecule has 1 N–H and O–H groups in total. The molecule has 0 saturated carbocycles. The van der Waals surface area contributed by atoms with Gasteiger partial charge < -0.3 is 10.1 Å². The van der Waals surface area contributed by atoms with Crippen LogP contribution in [0.2, 0.25) is 0 Å². The molecule has 0 unspecified atom stereocenters. The Morgan fingerprint density at radius 2 is 1.88 bits per heavy atom. The van der Waals surface area contributed by atoms with Gasteiger partial charge in [-0.05, 0) is 54.3 Å². The van der Waals surface area contributed by atoms with Crippen molar-refractivity contribution < 1.29 is 14.5 Å². The van der Waals surface area contributed by atoms with Crippen LogP contribution in [0.15, 0.2) is 79.0 Å². The maximum atomic E-state index is 12.8. The number of benzene rings is 3. The summed E-state index contributed by atoms with van der Waals surface area (Å²) in [6.45, 7) is 4.54. The molecule has 0 aliphatic rings. The van der Waals surface area contributed by atoms with Gasteiger partial charge in [0.2, 0.25) is 0 Å². The fourth-order valence-corrected chi connectivity index (χ4v) is 3.52. The number of nitro groups is 1. The number of rotatable bonds is 8. The first-order valence-corrected chi connectivity index (χ1v) is 10.7. The first kappa shape index (κ1) is 22.7. The molecule has 1 aromatic heterocycles. The number of carbonyl (C=O) groups is 1. The summed E-state index contributed by atoms with van der Waals surface area (Å²) in [5, 5.41) is 18.5. The molecule has 0 radical (unpaired) electrons. The number of hydrogen-bond acceptors (Lipinski definition) is 5. The largest absolute Gasteiger partial charge is 0.482 e. The van der Waals surface area contributed by atoms with Crippen molar-refractivity contribution in [1.82, 2.24) is 9.78 Å². The fourth-order valence-electron chi connectivity index (χ4n) is 3.52. The van der Waals surface area contributed by atoms with E-state index < -0.39 is 4.92 Å². The van der Waals surface area contributed by atoms with Crippen LogP contribution in [0.4, 0.5) is 11.5 Å². The Morgan fingerprint density at radius 1 is 1.06 bits per heavy atom. The molecule has 1 amide bonds. The summed E-state index contributed by atoms with van der Waals surface area (Å²) >= 11 is 0. The number of nitrogens with one attached hydrogen (secondary N) is 1. The quantitative estimate of drug-likeness (QED) is 0.287. The minimum Gasteiger partial charge on any atom is -0.482 e. The van der Waals surface area contributed by atoms with E-state index in [1.54, 1.807) is 54.1 Å². The monoisotopic (exact) mass is 456 g/mol. The Bertz CT molecular complexity index is 1350. The lowest BCUT2D eigenvalue weighted by Gasteiger charge is -2.09. The van der Waals surface area contributed by atoms with Gasteiger partial charge in [0.15, 0.2) is 11.6 Å². The highest BCUT2D eigenvalue weighted by Gasteiger charge is 2.16. The third-order valence-corrected chi connectivity index (χ3v) is 5.37. The van der Waals surface area contributed by atoms with Crippen molar-refractivity contribution in [2.45, 2.75) is 27.0 Å². The van der Waals surface area contributed by atoms with Gasteiger partial charge in [-0.3, -0.25) is 19.6 Å². The average Bonchev–Trinajstić information content (AvgIpc) is 3.26. The van der Waals surface area contributed by atoms with E-state index >= 15 is 0 Å². The Labute approximate surface area is 197 Å². The fraction of sp³-hybridized carbons (Fsp3) is 0.154. The molecule has 0 spiro atoms. The van der Waals surface area contributed by atoms with Crippen molar-refractivity contribution in [1.29, 1.82) is 0 Å². The van der Waals surface area contributed by atoms with E-state index in [-0.39, 0.29) is 24.0 Å². The highest BCUT2D eigenvalue weighted by atomic mass is 16.6. The van der Waals surface area contributed by atoms with Gasteiger partial charge in [-0.2, -0.15) is 5.10 Å². The minimum absolute atomic E-state index is 0.0878. The van der Waals surface area contributed by atoms with Crippen molar-refractivity contribution in [3.8, 4) is 5.75 Å². The molecular formula is C26H24N4O4. The number of hydrogen-bond donors (Lipinski definition) is 1. The number of nitro benzene ring substituents is 1. The number of ether oxygens (including phenoxy) is 1. The van der Waals surface area contributed by atoms with Crippen LogP contribution in [0.5, 0.6) is 5.75 Å². The van der Waals surface area contributed by atoms with E-state index in [2.05, 4.69) is 23.4 Å². The molecule has 4 rings (SSSR count). The molecule has 4 aromatic rings. The standard InChI is InChI=1S/C26H24N4O4/c1-18-10-11-24(23(14-18)30(32)33)34-17-20-7-5-9-21(15-20)26(31)27-25-12-13-29(28-25)16-22-8-4-3-6-19(22)2/h3-15H,16-17H2,1-2H3,(H,27,28,31). The predicted molar refractivity (Wildman–Crippen MR) is 129 cm³/mol. The highest BCUT2D eigenvalue weighted by molar-refractivity contribution is 6.03. The van der Waals surface area contributed by atoms with Gasteiger partial charge in [0.1, 0.15) is 6.61 Å². The molecule has 0 atom stereocenters. The highest BCUT2D eigenvalue weighted by Crippen LogP contribution is 2.28. The lowest BCUT2D eigenvalue weighted by Crippen LogP contribution is -2.13. The molecule has 1 heterocycles. The SMILES string of the molecule is Cc1ccc(OCc2cccc(C(=O)Nc3ccn(Cc4ccccc4C)n3)c2)c([N+](=O)[O-])c1. The molecule has 3 aromatic carbocycles. The molecular weight excluding hydrogens is 432 g/mol. The Balaban J connectivity index is 1.40. The zero-order chi connectivity index (χ0) is 24.1. The van der Waals surface area contributed by atoms with Crippen LogP contribution >= 0.6 is 0 Å². The first-order valence-electron chi connectivity index (χ1n) is 10.7. The third kappa shape index (κ3) is 5.47. The van der Waals surface area contributed by atoms with E-state index in [9.17, 15) is 14.9 Å². The van der Waals surface area contributed by atoms with Gasteiger partial charge in [0.25, 0.3) is 5.91 Å². The smallest absolute Gasteiger partial charge is 0.311 e. The Kier molecular flexibility index (Phi) is 6.68. The molecule has 0 fully saturated rings. The molecule has 34 heavy (non-hydrogen) atoms. The van der Waals surface area contributed by atoms with E-state index in [0.717, 1.165) is 11.1 Å². The molecule has 172 valence electrons. The van der Waals surface area contributed by atoms with Crippen molar-refractivity contribution in [2.24, 2.45) is 0 Å². The maximum absolute atomic E-state index is 12.8. The molecule has 0 aliphatic carbocycles. The molecule has 8 heteroatoms. The van der Waals surface area contributed by atoms with Crippen LogP contribution in [0, 0.1) is 24.0 Å². The first-order chi connectivity index (χ1) is 16.4. The van der Waals surface area contributed by atoms with Gasteiger partial charge in [0, 0.05) is 23.9 Å². The van der Waals surface area contributed by atoms with Crippen LogP contribution in [-0.4, -0.2) is 20.6 Å². The van der Waals surface area contributed by atoms with Crippen molar-refractivity contribution in [3.63, 3.8) is 0 Å². The van der Waals surface area contributed by atoms with Crippen LogP contribution < -0.4 is 10.1 Å². The van der Waals surface area contributed by atoms with Crippen molar-refractivity contribution >= 4 is 17.4 Å². The van der Waals surface area contributed by atoms with Crippen molar-refractivity contribution in [3.05, 3.63) is 117 Å². The second-order valence-electron chi connectivity index (χ2n) is 8.00. The number of amides is 1. The maximum Gasteiger partial charge on any atom is 0.311 e. The Morgan fingerprint density at radius 3 is 2.68 bits per heavy atom. The van der Waals surface area contributed by atoms with Gasteiger partial charge in [-0.1, -0.05) is 42.5 Å². The van der Waals surface area contributed by atoms with Crippen LogP contribution in [0.25, 0.3) is 0 Å². The summed E-state index contributed by atoms with van der Waals surface area (Å²) in [4.78, 5) is 23.6. The molecule has 0 aliphatic heterocycles. The van der Waals surface area contributed by atoms with Crippen LogP contribution in [-0.2, 0) is 13.2 Å². The third-order valence-electron chi connectivity index (χ3n) is 5.37. The van der Waals surface area contributed by atoms with E-state index in [1.807, 2.05) is 24.4 Å². The summed E-state index contributed by atoms with van der Waals surface area (Å²) in [5.41, 5.74) is 4.18. The van der Waals surface area contributed by atoms with Gasteiger partial charge in [-0.25, -0.2) is 0 Å². The number of carbonyl (C=O) groups excluding carboxylic acids is 1. The summed E-state index contributed by atoms with van der Waals surface area (Å²) in [6, 6.07) is 21.6. The topological polar surface area (TPSA) is 99.3 Å². The predicted octanol–water partition coefficient (Wildman–Crippen LogP) is 5.29. The Hall–Kier alpha value is -4.46. The van der Waals surface area contributed by atoms with Crippen LogP contribution in [0.1, 0.15) is 32.6 Å². The van der Waals surface area contributed by atoms with Crippen molar-refractivity contribution in [2.75, 3.05) is 5.32 Å². The van der Waals surface area contributed by atoms with Gasteiger partial charge in [-0.15, -0.1) is 0 Å². The second-order valence-corrected chi connectivity index (χ2v) is 8.00. The van der Waals surface area contributed by atoms with Gasteiger partial charge >= 0.3 is 5.69 Å². The van der Waals surface area contributed by atoms with E-state index in [1.165, 1.54) is 11.6 Å². The average molecular weight is 457 g/mol. The van der Waals surface area contributed by atoms with E-state index in [0.29, 0.717) is 23.5 Å². The molecule has 0 saturated heterocycles. The summed E-state index contributed by atoms with van der Waals surface area (Å²) in [6.07, 6.45) is 1.82. The number of anilines is 1. The van der Waals surface area contributed by atoms with Gasteiger partial charge in [0.05, 0.1) is 11.5 Å². The normalized spacial score (nSPS) is 10.6. The lowest BCUT2D eigenvalue weighted by molar-refractivity contribution is -0.386. The number of nitrogens with zero attached hydrogens (tertiary/aromatic N) is 3. The number of aromatic nitrogens is 2.